The predicted molar refractivity (Wildman–Crippen MR) is 64.5 cm³/mol. The highest BCUT2D eigenvalue weighted by Gasteiger charge is 2.23. The van der Waals surface area contributed by atoms with Crippen LogP contribution in [0.3, 0.4) is 0 Å². The Morgan fingerprint density at radius 1 is 1.31 bits per heavy atom. The lowest BCUT2D eigenvalue weighted by molar-refractivity contribution is 0.0858. The van der Waals surface area contributed by atoms with Crippen LogP contribution in [0.1, 0.15) is 31.1 Å². The fraction of sp³-hybridized carbons (Fsp3) is 0.385. The molecule has 0 radical (unpaired) electrons. The molecular weight excluding hydrogens is 200 g/mol. The Morgan fingerprint density at radius 2 is 2.00 bits per heavy atom. The van der Waals surface area contributed by atoms with Gasteiger partial charge < -0.3 is 0 Å². The molecule has 3 nitrogen and oxygen atoms in total. The number of Topliss-reactive ketones (excluding diaryl/α,β-unsaturated/α-hetero) is 1. The average molecular weight is 216 g/mol. The van der Waals surface area contributed by atoms with Gasteiger partial charge in [-0.3, -0.25) is 9.48 Å². The molecule has 0 saturated carbocycles. The van der Waals surface area contributed by atoms with E-state index in [-0.39, 0.29) is 11.2 Å². The third-order valence-electron chi connectivity index (χ3n) is 2.69. The topological polar surface area (TPSA) is 34.9 Å². The molecule has 0 amide bonds. The second-order valence-electron chi connectivity index (χ2n) is 5.12. The summed E-state index contributed by atoms with van der Waals surface area (Å²) in [5, 5.41) is 5.23. The Morgan fingerprint density at radius 3 is 2.62 bits per heavy atom. The van der Waals surface area contributed by atoms with Crippen LogP contribution in [-0.2, 0) is 7.05 Å². The second-order valence-corrected chi connectivity index (χ2v) is 5.12. The minimum atomic E-state index is -0.341. The summed E-state index contributed by atoms with van der Waals surface area (Å²) in [5.74, 6) is 0.163. The van der Waals surface area contributed by atoms with E-state index in [0.29, 0.717) is 0 Å². The summed E-state index contributed by atoms with van der Waals surface area (Å²) in [7, 11) is 1.88. The van der Waals surface area contributed by atoms with Crippen molar-refractivity contribution in [2.75, 3.05) is 0 Å². The maximum Gasteiger partial charge on any atom is 0.168 e. The highest BCUT2D eigenvalue weighted by atomic mass is 16.1. The highest BCUT2D eigenvalue weighted by molar-refractivity contribution is 6.02. The van der Waals surface area contributed by atoms with Crippen LogP contribution in [0, 0.1) is 5.41 Å². The fourth-order valence-corrected chi connectivity index (χ4v) is 1.72. The van der Waals surface area contributed by atoms with Gasteiger partial charge in [0, 0.05) is 23.4 Å². The molecule has 1 heterocycles. The summed E-state index contributed by atoms with van der Waals surface area (Å²) in [6.07, 6.45) is 1.81. The number of rotatable bonds is 1. The number of hydrogen-bond donors (Lipinski definition) is 0. The molecule has 0 aliphatic heterocycles. The van der Waals surface area contributed by atoms with Gasteiger partial charge in [0.1, 0.15) is 0 Å². The van der Waals surface area contributed by atoms with Gasteiger partial charge in [0.05, 0.1) is 11.7 Å². The van der Waals surface area contributed by atoms with Crippen LogP contribution in [-0.4, -0.2) is 15.6 Å². The van der Waals surface area contributed by atoms with Crippen LogP contribution < -0.4 is 0 Å². The second kappa shape index (κ2) is 3.44. The summed E-state index contributed by atoms with van der Waals surface area (Å²) >= 11 is 0. The van der Waals surface area contributed by atoms with Crippen molar-refractivity contribution in [3.8, 4) is 0 Å². The van der Waals surface area contributed by atoms with Crippen LogP contribution in [0.4, 0.5) is 0 Å². The van der Waals surface area contributed by atoms with Gasteiger partial charge in [-0.2, -0.15) is 5.10 Å². The van der Waals surface area contributed by atoms with Crippen molar-refractivity contribution >= 4 is 16.7 Å². The molecule has 16 heavy (non-hydrogen) atoms. The molecule has 0 atom stereocenters. The lowest BCUT2D eigenvalue weighted by atomic mass is 9.86. The van der Waals surface area contributed by atoms with E-state index in [1.807, 2.05) is 46.0 Å². The van der Waals surface area contributed by atoms with Crippen LogP contribution in [0.15, 0.2) is 24.4 Å². The molecule has 0 saturated heterocycles. The van der Waals surface area contributed by atoms with Crippen molar-refractivity contribution in [2.24, 2.45) is 12.5 Å². The number of benzene rings is 1. The van der Waals surface area contributed by atoms with Crippen molar-refractivity contribution in [2.45, 2.75) is 20.8 Å². The number of hydrogen-bond acceptors (Lipinski definition) is 2. The van der Waals surface area contributed by atoms with Crippen molar-refractivity contribution in [3.63, 3.8) is 0 Å². The van der Waals surface area contributed by atoms with E-state index in [1.54, 1.807) is 10.9 Å². The first-order valence-electron chi connectivity index (χ1n) is 5.36. The summed E-state index contributed by atoms with van der Waals surface area (Å²) in [5.41, 5.74) is 1.41. The standard InChI is InChI=1S/C13H16N2O/c1-13(2,3)12(16)9-5-6-10-8-14-15(4)11(10)7-9/h5-8H,1-4H3. The van der Waals surface area contributed by atoms with Crippen LogP contribution in [0.5, 0.6) is 0 Å². The van der Waals surface area contributed by atoms with Crippen LogP contribution >= 0.6 is 0 Å². The molecule has 1 aromatic carbocycles. The van der Waals surface area contributed by atoms with Gasteiger partial charge in [0.2, 0.25) is 0 Å². The van der Waals surface area contributed by atoms with Crippen molar-refractivity contribution in [1.29, 1.82) is 0 Å². The van der Waals surface area contributed by atoms with E-state index in [9.17, 15) is 4.79 Å². The lowest BCUT2D eigenvalue weighted by Crippen LogP contribution is -2.20. The zero-order valence-corrected chi connectivity index (χ0v) is 10.1. The van der Waals surface area contributed by atoms with E-state index in [1.165, 1.54) is 0 Å². The van der Waals surface area contributed by atoms with Crippen LogP contribution in [0.25, 0.3) is 10.9 Å². The summed E-state index contributed by atoms with van der Waals surface area (Å²) in [6.45, 7) is 5.80. The minimum absolute atomic E-state index is 0.163. The minimum Gasteiger partial charge on any atom is -0.294 e. The van der Waals surface area contributed by atoms with E-state index in [4.69, 9.17) is 0 Å². The molecule has 0 aliphatic carbocycles. The lowest BCUT2D eigenvalue weighted by Gasteiger charge is -2.16. The number of fused-ring (bicyclic) bond motifs is 1. The number of ketones is 1. The van der Waals surface area contributed by atoms with Gasteiger partial charge >= 0.3 is 0 Å². The average Bonchev–Trinajstić information content (AvgIpc) is 2.58. The van der Waals surface area contributed by atoms with Gasteiger partial charge in [0.15, 0.2) is 5.78 Å². The Labute approximate surface area is 95.1 Å². The molecule has 0 aliphatic rings. The molecule has 84 valence electrons. The summed E-state index contributed by atoms with van der Waals surface area (Å²) in [6, 6.07) is 5.73. The van der Waals surface area contributed by atoms with Gasteiger partial charge in [-0.1, -0.05) is 32.9 Å². The number of carbonyl (C=O) groups is 1. The van der Waals surface area contributed by atoms with Gasteiger partial charge in [0.25, 0.3) is 0 Å². The molecule has 2 aromatic rings. The van der Waals surface area contributed by atoms with Gasteiger partial charge in [-0.25, -0.2) is 0 Å². The van der Waals surface area contributed by atoms with E-state index >= 15 is 0 Å². The maximum absolute atomic E-state index is 12.1. The number of carbonyl (C=O) groups excluding carboxylic acids is 1. The largest absolute Gasteiger partial charge is 0.294 e. The molecule has 0 unspecified atom stereocenters. The molecule has 0 N–H and O–H groups in total. The van der Waals surface area contributed by atoms with Gasteiger partial charge in [-0.05, 0) is 6.07 Å². The SMILES string of the molecule is Cn1ncc2ccc(C(=O)C(C)(C)C)cc21. The van der Waals surface area contributed by atoms with E-state index < -0.39 is 0 Å². The van der Waals surface area contributed by atoms with Crippen molar-refractivity contribution in [3.05, 3.63) is 30.0 Å². The van der Waals surface area contributed by atoms with Crippen LogP contribution in [0.2, 0.25) is 0 Å². The van der Waals surface area contributed by atoms with Crippen molar-refractivity contribution in [1.82, 2.24) is 9.78 Å². The quantitative estimate of drug-likeness (QED) is 0.687. The van der Waals surface area contributed by atoms with Crippen molar-refractivity contribution < 1.29 is 4.79 Å². The molecule has 0 spiro atoms. The molecule has 0 bridgehead atoms. The smallest absolute Gasteiger partial charge is 0.168 e. The fourth-order valence-electron chi connectivity index (χ4n) is 1.72. The zero-order valence-electron chi connectivity index (χ0n) is 10.1. The molecule has 2 rings (SSSR count). The predicted octanol–water partition coefficient (Wildman–Crippen LogP) is 2.80. The number of aromatic nitrogens is 2. The Balaban J connectivity index is 2.55. The molecule has 1 aromatic heterocycles. The number of aryl methyl sites for hydroxylation is 1. The van der Waals surface area contributed by atoms with E-state index in [0.717, 1.165) is 16.5 Å². The maximum atomic E-state index is 12.1. The summed E-state index contributed by atoms with van der Waals surface area (Å²) < 4.78 is 1.79. The molecular formula is C13H16N2O. The van der Waals surface area contributed by atoms with E-state index in [2.05, 4.69) is 5.10 Å². The normalized spacial score (nSPS) is 12.0. The highest BCUT2D eigenvalue weighted by Crippen LogP contribution is 2.23. The third kappa shape index (κ3) is 1.73. The monoisotopic (exact) mass is 216 g/mol. The summed E-state index contributed by atoms with van der Waals surface area (Å²) in [4.78, 5) is 12.1. The van der Waals surface area contributed by atoms with Gasteiger partial charge in [-0.15, -0.1) is 0 Å². The number of nitrogens with zero attached hydrogens (tertiary/aromatic N) is 2. The Bertz CT molecular complexity index is 547. The Hall–Kier alpha value is -1.64. The third-order valence-corrected chi connectivity index (χ3v) is 2.69. The zero-order chi connectivity index (χ0) is 11.9. The first-order chi connectivity index (χ1) is 7.39. The first kappa shape index (κ1) is 10.9. The first-order valence-corrected chi connectivity index (χ1v) is 5.36. The molecule has 3 heteroatoms. The Kier molecular flexibility index (Phi) is 2.34. The molecule has 0 fully saturated rings.